The number of nitrogens with one attached hydrogen (secondary N) is 1. The molecular formula is C16H19FN2O. The molecule has 1 saturated carbocycles. The Morgan fingerprint density at radius 3 is 2.95 bits per heavy atom. The zero-order valence-corrected chi connectivity index (χ0v) is 11.6. The van der Waals surface area contributed by atoms with Crippen molar-refractivity contribution >= 4 is 5.91 Å². The molecule has 1 atom stereocenters. The monoisotopic (exact) mass is 274 g/mol. The van der Waals surface area contributed by atoms with Crippen molar-refractivity contribution in [1.82, 2.24) is 5.32 Å². The minimum absolute atomic E-state index is 0.0913. The number of halogens is 1. The summed E-state index contributed by atoms with van der Waals surface area (Å²) in [5, 5.41) is 2.91. The Bertz CT molecular complexity index is 555. The first-order chi connectivity index (χ1) is 9.60. The summed E-state index contributed by atoms with van der Waals surface area (Å²) in [5.74, 6) is 5.51. The molecule has 1 aromatic carbocycles. The van der Waals surface area contributed by atoms with Crippen molar-refractivity contribution in [3.63, 3.8) is 0 Å². The summed E-state index contributed by atoms with van der Waals surface area (Å²) in [6.45, 7) is 2.18. The normalized spacial score (nSPS) is 15.2. The van der Waals surface area contributed by atoms with Crippen molar-refractivity contribution in [3.05, 3.63) is 35.1 Å². The number of carbonyl (C=O) groups is 1. The molecule has 1 aliphatic rings. The van der Waals surface area contributed by atoms with Crippen LogP contribution >= 0.6 is 0 Å². The van der Waals surface area contributed by atoms with Crippen LogP contribution in [-0.4, -0.2) is 18.5 Å². The number of rotatable bonds is 4. The minimum atomic E-state index is -0.441. The second-order valence-electron chi connectivity index (χ2n) is 5.25. The Balaban J connectivity index is 2.12. The molecule has 3 N–H and O–H groups in total. The van der Waals surface area contributed by atoms with Crippen molar-refractivity contribution in [2.24, 2.45) is 11.7 Å². The van der Waals surface area contributed by atoms with Crippen LogP contribution in [0.1, 0.15) is 42.1 Å². The van der Waals surface area contributed by atoms with Gasteiger partial charge in [-0.25, -0.2) is 4.39 Å². The average Bonchev–Trinajstić information content (AvgIpc) is 3.20. The van der Waals surface area contributed by atoms with Gasteiger partial charge in [0.15, 0.2) is 0 Å². The van der Waals surface area contributed by atoms with Crippen LogP contribution < -0.4 is 11.1 Å². The molecule has 1 unspecified atom stereocenters. The van der Waals surface area contributed by atoms with E-state index in [2.05, 4.69) is 17.2 Å². The van der Waals surface area contributed by atoms with E-state index >= 15 is 0 Å². The summed E-state index contributed by atoms with van der Waals surface area (Å²) >= 11 is 0. The highest BCUT2D eigenvalue weighted by atomic mass is 19.1. The van der Waals surface area contributed by atoms with Crippen molar-refractivity contribution in [2.75, 3.05) is 6.54 Å². The largest absolute Gasteiger partial charge is 0.350 e. The third-order valence-corrected chi connectivity index (χ3v) is 3.31. The van der Waals surface area contributed by atoms with Gasteiger partial charge in [0.2, 0.25) is 0 Å². The van der Waals surface area contributed by atoms with E-state index in [-0.39, 0.29) is 24.1 Å². The SMILES string of the molecule is CC(CC1CC1)NC(=O)c1cc(F)ccc1C#CCN. The molecule has 106 valence electrons. The number of hydrogen-bond donors (Lipinski definition) is 2. The Kier molecular flexibility index (Phi) is 4.75. The van der Waals surface area contributed by atoms with E-state index in [0.29, 0.717) is 5.56 Å². The average molecular weight is 274 g/mol. The fraction of sp³-hybridized carbons (Fsp3) is 0.438. The Hall–Kier alpha value is -1.86. The lowest BCUT2D eigenvalue weighted by atomic mass is 10.1. The van der Waals surface area contributed by atoms with Crippen molar-refractivity contribution in [1.29, 1.82) is 0 Å². The van der Waals surface area contributed by atoms with E-state index in [1.807, 2.05) is 6.92 Å². The van der Waals surface area contributed by atoms with Crippen molar-refractivity contribution < 1.29 is 9.18 Å². The summed E-state index contributed by atoms with van der Waals surface area (Å²) in [6.07, 6.45) is 3.46. The standard InChI is InChI=1S/C16H19FN2O/c1-11(9-12-4-5-12)19-16(20)15-10-14(17)7-6-13(15)3-2-8-18/h6-7,10-12H,4-5,8-9,18H2,1H3,(H,19,20). The highest BCUT2D eigenvalue weighted by molar-refractivity contribution is 5.96. The summed E-state index contributed by atoms with van der Waals surface area (Å²) in [6, 6.07) is 4.12. The van der Waals surface area contributed by atoms with Crippen LogP contribution in [0.15, 0.2) is 18.2 Å². The van der Waals surface area contributed by atoms with Crippen LogP contribution in [0.4, 0.5) is 4.39 Å². The van der Waals surface area contributed by atoms with E-state index < -0.39 is 5.82 Å². The van der Waals surface area contributed by atoms with Crippen LogP contribution in [-0.2, 0) is 0 Å². The summed E-state index contributed by atoms with van der Waals surface area (Å²) in [7, 11) is 0. The summed E-state index contributed by atoms with van der Waals surface area (Å²) in [5.41, 5.74) is 6.11. The molecule has 0 aliphatic heterocycles. The number of nitrogens with two attached hydrogens (primary N) is 1. The van der Waals surface area contributed by atoms with Crippen LogP contribution in [0.25, 0.3) is 0 Å². The molecule has 1 aromatic rings. The molecule has 0 spiro atoms. The van der Waals surface area contributed by atoms with Crippen LogP contribution in [0.5, 0.6) is 0 Å². The van der Waals surface area contributed by atoms with Gasteiger partial charge in [-0.15, -0.1) is 0 Å². The molecule has 0 saturated heterocycles. The van der Waals surface area contributed by atoms with Crippen LogP contribution in [0.2, 0.25) is 0 Å². The third kappa shape index (κ3) is 4.07. The first-order valence-electron chi connectivity index (χ1n) is 6.89. The van der Waals surface area contributed by atoms with E-state index in [1.165, 1.54) is 31.0 Å². The molecule has 0 bridgehead atoms. The topological polar surface area (TPSA) is 55.1 Å². The maximum atomic E-state index is 13.3. The van der Waals surface area contributed by atoms with Gasteiger partial charge >= 0.3 is 0 Å². The Morgan fingerprint density at radius 1 is 1.55 bits per heavy atom. The molecule has 2 rings (SSSR count). The maximum absolute atomic E-state index is 13.3. The lowest BCUT2D eigenvalue weighted by Gasteiger charge is -2.14. The van der Waals surface area contributed by atoms with Gasteiger partial charge in [0.25, 0.3) is 5.91 Å². The number of amides is 1. The summed E-state index contributed by atoms with van der Waals surface area (Å²) < 4.78 is 13.3. The summed E-state index contributed by atoms with van der Waals surface area (Å²) in [4.78, 5) is 12.2. The lowest BCUT2D eigenvalue weighted by Crippen LogP contribution is -2.33. The van der Waals surface area contributed by atoms with Gasteiger partial charge in [0.05, 0.1) is 12.1 Å². The molecule has 0 aromatic heterocycles. The predicted octanol–water partition coefficient (Wildman–Crippen LogP) is 2.05. The molecule has 0 radical (unpaired) electrons. The van der Waals surface area contributed by atoms with E-state index in [4.69, 9.17) is 5.73 Å². The van der Waals surface area contributed by atoms with Crippen LogP contribution in [0.3, 0.4) is 0 Å². The number of hydrogen-bond acceptors (Lipinski definition) is 2. The lowest BCUT2D eigenvalue weighted by molar-refractivity contribution is 0.0936. The first-order valence-corrected chi connectivity index (χ1v) is 6.89. The van der Waals surface area contributed by atoms with Gasteiger partial charge in [0.1, 0.15) is 5.82 Å². The smallest absolute Gasteiger partial charge is 0.252 e. The molecule has 4 heteroatoms. The molecule has 20 heavy (non-hydrogen) atoms. The second kappa shape index (κ2) is 6.53. The van der Waals surface area contributed by atoms with Gasteiger partial charge in [0, 0.05) is 11.6 Å². The number of carbonyl (C=O) groups excluding carboxylic acids is 1. The Labute approximate surface area is 118 Å². The molecule has 1 aliphatic carbocycles. The van der Waals surface area contributed by atoms with E-state index in [9.17, 15) is 9.18 Å². The molecule has 0 heterocycles. The highest BCUT2D eigenvalue weighted by Crippen LogP contribution is 2.33. The Morgan fingerprint density at radius 2 is 2.30 bits per heavy atom. The predicted molar refractivity (Wildman–Crippen MR) is 76.6 cm³/mol. The quantitative estimate of drug-likeness (QED) is 0.826. The zero-order chi connectivity index (χ0) is 14.5. The first kappa shape index (κ1) is 14.5. The highest BCUT2D eigenvalue weighted by Gasteiger charge is 2.24. The fourth-order valence-electron chi connectivity index (χ4n) is 2.17. The fourth-order valence-corrected chi connectivity index (χ4v) is 2.17. The molecule has 1 fully saturated rings. The molecular weight excluding hydrogens is 255 g/mol. The minimum Gasteiger partial charge on any atom is -0.350 e. The zero-order valence-electron chi connectivity index (χ0n) is 11.6. The van der Waals surface area contributed by atoms with Gasteiger partial charge in [-0.2, -0.15) is 0 Å². The van der Waals surface area contributed by atoms with Crippen LogP contribution in [0, 0.1) is 23.6 Å². The van der Waals surface area contributed by atoms with Crippen molar-refractivity contribution in [3.8, 4) is 11.8 Å². The van der Waals surface area contributed by atoms with Gasteiger partial charge in [-0.1, -0.05) is 24.7 Å². The third-order valence-electron chi connectivity index (χ3n) is 3.31. The maximum Gasteiger partial charge on any atom is 0.252 e. The van der Waals surface area contributed by atoms with Gasteiger partial charge in [-0.05, 0) is 37.5 Å². The molecule has 3 nitrogen and oxygen atoms in total. The van der Waals surface area contributed by atoms with E-state index in [0.717, 1.165) is 12.3 Å². The number of benzene rings is 1. The van der Waals surface area contributed by atoms with Gasteiger partial charge in [-0.3, -0.25) is 4.79 Å². The molecule has 1 amide bonds. The van der Waals surface area contributed by atoms with E-state index in [1.54, 1.807) is 0 Å². The van der Waals surface area contributed by atoms with Crippen molar-refractivity contribution in [2.45, 2.75) is 32.2 Å². The second-order valence-corrected chi connectivity index (χ2v) is 5.25. The van der Waals surface area contributed by atoms with Gasteiger partial charge < -0.3 is 11.1 Å².